The van der Waals surface area contributed by atoms with E-state index in [1.807, 2.05) is 24.3 Å². The van der Waals surface area contributed by atoms with Gasteiger partial charge in [-0.25, -0.2) is 8.78 Å². The molecule has 1 aliphatic rings. The van der Waals surface area contributed by atoms with Crippen molar-refractivity contribution in [1.29, 1.82) is 0 Å². The maximum atomic E-state index is 13.5. The van der Waals surface area contributed by atoms with Crippen LogP contribution in [0, 0.1) is 11.6 Å². The topological polar surface area (TPSA) is 9.23 Å². The fraction of sp³-hybridized carbons (Fsp3) is 0.280. The second-order valence-corrected chi connectivity index (χ2v) is 7.44. The van der Waals surface area contributed by atoms with Crippen molar-refractivity contribution in [2.45, 2.75) is 44.8 Å². The number of benzene rings is 3. The van der Waals surface area contributed by atoms with Crippen molar-refractivity contribution in [3.8, 4) is 22.3 Å². The van der Waals surface area contributed by atoms with Gasteiger partial charge in [0.25, 0.3) is 0 Å². The minimum absolute atomic E-state index is 0.210. The van der Waals surface area contributed by atoms with Crippen LogP contribution >= 0.6 is 0 Å². The molecular weight excluding hydrogens is 354 g/mol. The molecule has 3 heteroatoms. The van der Waals surface area contributed by atoms with Crippen molar-refractivity contribution in [3.05, 3.63) is 83.9 Å². The average Bonchev–Trinajstić information content (AvgIpc) is 3.19. The van der Waals surface area contributed by atoms with Crippen LogP contribution in [0.25, 0.3) is 22.3 Å². The van der Waals surface area contributed by atoms with Crippen LogP contribution in [0.2, 0.25) is 0 Å². The van der Waals surface area contributed by atoms with Crippen molar-refractivity contribution in [1.82, 2.24) is 0 Å². The van der Waals surface area contributed by atoms with E-state index in [1.54, 1.807) is 6.07 Å². The molecule has 0 saturated carbocycles. The summed E-state index contributed by atoms with van der Waals surface area (Å²) in [6.07, 6.45) is 5.15. The molecular formula is C25H24F2O. The van der Waals surface area contributed by atoms with Crippen molar-refractivity contribution in [2.24, 2.45) is 0 Å². The molecule has 0 radical (unpaired) electrons. The fourth-order valence-corrected chi connectivity index (χ4v) is 3.91. The Morgan fingerprint density at radius 2 is 1.32 bits per heavy atom. The first-order valence-corrected chi connectivity index (χ1v) is 9.95. The first kappa shape index (κ1) is 18.8. The van der Waals surface area contributed by atoms with E-state index in [9.17, 15) is 8.78 Å². The monoisotopic (exact) mass is 378 g/mol. The van der Waals surface area contributed by atoms with Gasteiger partial charge in [0.05, 0.1) is 12.2 Å². The number of ether oxygens (including phenoxy) is 1. The Labute approximate surface area is 165 Å². The fourth-order valence-electron chi connectivity index (χ4n) is 3.91. The van der Waals surface area contributed by atoms with Gasteiger partial charge >= 0.3 is 0 Å². The van der Waals surface area contributed by atoms with Crippen LogP contribution in [0.4, 0.5) is 8.78 Å². The maximum absolute atomic E-state index is 13.5. The largest absolute Gasteiger partial charge is 0.370 e. The molecule has 1 aliphatic heterocycles. The SMILES string of the molecule is CCCC1CCC(c2ccc(-c3ccc(-c4ccc(F)c(F)c4)cc3)cc2)O1. The van der Waals surface area contributed by atoms with Crippen LogP contribution in [0.1, 0.15) is 44.3 Å². The minimum atomic E-state index is -0.826. The summed E-state index contributed by atoms with van der Waals surface area (Å²) in [5, 5.41) is 0. The van der Waals surface area contributed by atoms with Crippen LogP contribution in [-0.4, -0.2) is 6.10 Å². The molecule has 144 valence electrons. The Hall–Kier alpha value is -2.52. The van der Waals surface area contributed by atoms with E-state index in [0.29, 0.717) is 11.7 Å². The zero-order valence-electron chi connectivity index (χ0n) is 16.0. The predicted octanol–water partition coefficient (Wildman–Crippen LogP) is 7.32. The third-order valence-corrected chi connectivity index (χ3v) is 5.47. The third kappa shape index (κ3) is 4.00. The zero-order chi connectivity index (χ0) is 19.5. The first-order valence-electron chi connectivity index (χ1n) is 9.95. The quantitative estimate of drug-likeness (QED) is 0.452. The second kappa shape index (κ2) is 8.24. The van der Waals surface area contributed by atoms with E-state index in [2.05, 4.69) is 31.2 Å². The van der Waals surface area contributed by atoms with Crippen LogP contribution in [0.15, 0.2) is 66.7 Å². The van der Waals surface area contributed by atoms with E-state index in [4.69, 9.17) is 4.74 Å². The molecule has 0 aliphatic carbocycles. The first-order chi connectivity index (χ1) is 13.6. The summed E-state index contributed by atoms with van der Waals surface area (Å²) in [5.74, 6) is -1.65. The second-order valence-electron chi connectivity index (χ2n) is 7.44. The summed E-state index contributed by atoms with van der Waals surface area (Å²) in [6, 6.07) is 20.4. The zero-order valence-corrected chi connectivity index (χ0v) is 16.0. The van der Waals surface area contributed by atoms with Gasteiger partial charge in [-0.1, -0.05) is 67.9 Å². The van der Waals surface area contributed by atoms with Crippen molar-refractivity contribution in [2.75, 3.05) is 0 Å². The molecule has 0 aromatic heterocycles. The van der Waals surface area contributed by atoms with E-state index in [0.717, 1.165) is 48.4 Å². The summed E-state index contributed by atoms with van der Waals surface area (Å²) >= 11 is 0. The van der Waals surface area contributed by atoms with E-state index in [1.165, 1.54) is 11.6 Å². The Balaban J connectivity index is 1.48. The average molecular weight is 378 g/mol. The van der Waals surface area contributed by atoms with Gasteiger partial charge in [-0.15, -0.1) is 0 Å². The van der Waals surface area contributed by atoms with Crippen molar-refractivity contribution < 1.29 is 13.5 Å². The van der Waals surface area contributed by atoms with Gasteiger partial charge in [0.2, 0.25) is 0 Å². The molecule has 1 nitrogen and oxygen atoms in total. The summed E-state index contributed by atoms with van der Waals surface area (Å²) in [6.45, 7) is 2.20. The van der Waals surface area contributed by atoms with Gasteiger partial charge in [-0.3, -0.25) is 0 Å². The molecule has 28 heavy (non-hydrogen) atoms. The Kier molecular flexibility index (Phi) is 5.54. The molecule has 0 bridgehead atoms. The van der Waals surface area contributed by atoms with E-state index >= 15 is 0 Å². The molecule has 0 spiro atoms. The molecule has 0 N–H and O–H groups in total. The summed E-state index contributed by atoms with van der Waals surface area (Å²) in [7, 11) is 0. The van der Waals surface area contributed by atoms with E-state index in [-0.39, 0.29) is 6.10 Å². The Bertz CT molecular complexity index is 932. The molecule has 1 heterocycles. The molecule has 3 aromatic carbocycles. The van der Waals surface area contributed by atoms with Crippen molar-refractivity contribution >= 4 is 0 Å². The van der Waals surface area contributed by atoms with Gasteiger partial charge in [0.15, 0.2) is 11.6 Å². The Morgan fingerprint density at radius 3 is 1.93 bits per heavy atom. The van der Waals surface area contributed by atoms with Gasteiger partial charge in [-0.2, -0.15) is 0 Å². The van der Waals surface area contributed by atoms with Gasteiger partial charge in [0, 0.05) is 0 Å². The van der Waals surface area contributed by atoms with E-state index < -0.39 is 11.6 Å². The van der Waals surface area contributed by atoms with Crippen LogP contribution in [0.3, 0.4) is 0 Å². The number of halogens is 2. The lowest BCUT2D eigenvalue weighted by Gasteiger charge is -2.14. The van der Waals surface area contributed by atoms with Crippen LogP contribution in [-0.2, 0) is 4.74 Å². The Morgan fingerprint density at radius 1 is 0.750 bits per heavy atom. The highest BCUT2D eigenvalue weighted by Gasteiger charge is 2.25. The van der Waals surface area contributed by atoms with Crippen LogP contribution < -0.4 is 0 Å². The lowest BCUT2D eigenvalue weighted by Crippen LogP contribution is -2.05. The summed E-state index contributed by atoms with van der Waals surface area (Å²) in [4.78, 5) is 0. The molecule has 1 saturated heterocycles. The lowest BCUT2D eigenvalue weighted by molar-refractivity contribution is 0.0397. The lowest BCUT2D eigenvalue weighted by atomic mass is 9.98. The van der Waals surface area contributed by atoms with Crippen molar-refractivity contribution in [3.63, 3.8) is 0 Å². The predicted molar refractivity (Wildman–Crippen MR) is 109 cm³/mol. The highest BCUT2D eigenvalue weighted by molar-refractivity contribution is 5.70. The van der Waals surface area contributed by atoms with Gasteiger partial charge in [0.1, 0.15) is 0 Å². The highest BCUT2D eigenvalue weighted by atomic mass is 19.2. The van der Waals surface area contributed by atoms with Gasteiger partial charge < -0.3 is 4.74 Å². The summed E-state index contributed by atoms with van der Waals surface area (Å²) < 4.78 is 32.7. The normalized spacial score (nSPS) is 19.1. The molecule has 4 rings (SSSR count). The minimum Gasteiger partial charge on any atom is -0.370 e. The van der Waals surface area contributed by atoms with Crippen LogP contribution in [0.5, 0.6) is 0 Å². The smallest absolute Gasteiger partial charge is 0.159 e. The van der Waals surface area contributed by atoms with Gasteiger partial charge in [-0.05, 0) is 59.2 Å². The number of hydrogen-bond donors (Lipinski definition) is 0. The third-order valence-electron chi connectivity index (χ3n) is 5.47. The number of hydrogen-bond acceptors (Lipinski definition) is 1. The highest BCUT2D eigenvalue weighted by Crippen LogP contribution is 2.35. The summed E-state index contributed by atoms with van der Waals surface area (Å²) in [5.41, 5.74) is 4.99. The standard InChI is InChI=1S/C25H24F2O/c1-2-3-22-13-15-25(28-22)20-10-8-18(9-11-20)17-4-6-19(7-5-17)21-12-14-23(26)24(27)16-21/h4-12,14,16,22,25H,2-3,13,15H2,1H3. The molecule has 0 amide bonds. The molecule has 1 fully saturated rings. The number of rotatable bonds is 5. The maximum Gasteiger partial charge on any atom is 0.159 e. The molecule has 2 unspecified atom stereocenters. The molecule has 3 aromatic rings. The molecule has 2 atom stereocenters.